The Hall–Kier alpha value is -2.50. The first-order valence-electron chi connectivity index (χ1n) is 4.40. The third kappa shape index (κ3) is 2.11. The number of ether oxygens (including phenoxy) is 1. The Morgan fingerprint density at radius 3 is 2.50 bits per heavy atom. The third-order valence-electron chi connectivity index (χ3n) is 1.83. The van der Waals surface area contributed by atoms with Crippen LogP contribution >= 0.6 is 0 Å². The summed E-state index contributed by atoms with van der Waals surface area (Å²) >= 11 is 0. The number of carboxylic acid groups (broad SMARTS) is 1. The Kier molecular flexibility index (Phi) is 2.47. The molecule has 2 N–H and O–H groups in total. The highest BCUT2D eigenvalue weighted by atomic mass is 16.5. The quantitative estimate of drug-likeness (QED) is 0.807. The lowest BCUT2D eigenvalue weighted by molar-refractivity contribution is 0.192. The molecule has 0 atom stereocenters. The van der Waals surface area contributed by atoms with Crippen LogP contribution < -0.4 is 4.74 Å². The fraction of sp³-hybridized carbons (Fsp3) is 0. The molecule has 6 heteroatoms. The fourth-order valence-electron chi connectivity index (χ4n) is 1.11. The Morgan fingerprint density at radius 2 is 1.94 bits per heavy atom. The molecular weight excluding hydrogens is 212 g/mol. The van der Waals surface area contributed by atoms with Crippen LogP contribution in [0.15, 0.2) is 36.7 Å². The summed E-state index contributed by atoms with van der Waals surface area (Å²) in [5.41, 5.74) is 0. The van der Waals surface area contributed by atoms with Gasteiger partial charge in [-0.2, -0.15) is 9.78 Å². The second-order valence-corrected chi connectivity index (χ2v) is 3.00. The molecule has 0 bridgehead atoms. The van der Waals surface area contributed by atoms with Crippen molar-refractivity contribution in [3.63, 3.8) is 0 Å². The molecule has 1 aromatic heterocycles. The van der Waals surface area contributed by atoms with Crippen molar-refractivity contribution in [3.05, 3.63) is 36.7 Å². The van der Waals surface area contributed by atoms with Gasteiger partial charge in [-0.15, -0.1) is 0 Å². The number of benzene rings is 1. The topological polar surface area (TPSA) is 84.6 Å². The average Bonchev–Trinajstić information content (AvgIpc) is 2.70. The molecule has 82 valence electrons. The monoisotopic (exact) mass is 220 g/mol. The zero-order valence-corrected chi connectivity index (χ0v) is 8.07. The molecule has 0 spiro atoms. The normalized spacial score (nSPS) is 10.0. The summed E-state index contributed by atoms with van der Waals surface area (Å²) in [7, 11) is 0. The predicted octanol–water partition coefficient (Wildman–Crippen LogP) is 1.91. The first-order valence-corrected chi connectivity index (χ1v) is 4.40. The maximum absolute atomic E-state index is 10.5. The van der Waals surface area contributed by atoms with Crippen molar-refractivity contribution in [2.75, 3.05) is 0 Å². The first kappa shape index (κ1) is 10.0. The van der Waals surface area contributed by atoms with Gasteiger partial charge in [0.25, 0.3) is 0 Å². The number of aromatic hydroxyl groups is 1. The molecule has 6 nitrogen and oxygen atoms in total. The fourth-order valence-corrected chi connectivity index (χ4v) is 1.11. The van der Waals surface area contributed by atoms with Crippen molar-refractivity contribution < 1.29 is 19.7 Å². The molecule has 0 aliphatic heterocycles. The number of nitrogens with zero attached hydrogens (tertiary/aromatic N) is 2. The van der Waals surface area contributed by atoms with Gasteiger partial charge >= 0.3 is 6.09 Å². The number of carbonyl (C=O) groups is 1. The summed E-state index contributed by atoms with van der Waals surface area (Å²) in [6.07, 6.45) is 1.36. The van der Waals surface area contributed by atoms with Crippen LogP contribution in [0.2, 0.25) is 0 Å². The average molecular weight is 220 g/mol. The van der Waals surface area contributed by atoms with Crippen molar-refractivity contribution >= 4 is 6.09 Å². The number of hydrogen-bond acceptors (Lipinski definition) is 4. The number of rotatable bonds is 2. The summed E-state index contributed by atoms with van der Waals surface area (Å²) in [5, 5.41) is 21.2. The maximum Gasteiger partial charge on any atom is 0.432 e. The minimum atomic E-state index is -1.18. The van der Waals surface area contributed by atoms with E-state index in [1.165, 1.54) is 24.5 Å². The van der Waals surface area contributed by atoms with Gasteiger partial charge in [-0.25, -0.2) is 4.79 Å². The van der Waals surface area contributed by atoms with E-state index in [0.717, 1.165) is 4.68 Å². The smallest absolute Gasteiger partial charge is 0.432 e. The Bertz CT molecular complexity index is 504. The van der Waals surface area contributed by atoms with E-state index < -0.39 is 6.09 Å². The summed E-state index contributed by atoms with van der Waals surface area (Å²) in [6, 6.07) is 6.06. The van der Waals surface area contributed by atoms with Gasteiger partial charge in [-0.1, -0.05) is 0 Å². The molecule has 16 heavy (non-hydrogen) atoms. The minimum absolute atomic E-state index is 0.133. The molecule has 0 saturated carbocycles. The zero-order valence-electron chi connectivity index (χ0n) is 8.07. The molecule has 0 unspecified atom stereocenters. The van der Waals surface area contributed by atoms with Crippen LogP contribution in [0.3, 0.4) is 0 Å². The lowest BCUT2D eigenvalue weighted by Crippen LogP contribution is -2.07. The van der Waals surface area contributed by atoms with Crippen molar-refractivity contribution in [2.45, 2.75) is 0 Å². The van der Waals surface area contributed by atoms with Crippen LogP contribution in [-0.4, -0.2) is 26.1 Å². The van der Waals surface area contributed by atoms with Crippen LogP contribution in [-0.2, 0) is 0 Å². The van der Waals surface area contributed by atoms with Gasteiger partial charge in [0.1, 0.15) is 11.5 Å². The van der Waals surface area contributed by atoms with Crippen LogP contribution in [0.25, 0.3) is 0 Å². The second-order valence-electron chi connectivity index (χ2n) is 3.00. The summed E-state index contributed by atoms with van der Waals surface area (Å²) in [5.74, 6) is 0.935. The van der Waals surface area contributed by atoms with Crippen molar-refractivity contribution in [1.29, 1.82) is 0 Å². The third-order valence-corrected chi connectivity index (χ3v) is 1.83. The first-order chi connectivity index (χ1) is 7.65. The second kappa shape index (κ2) is 3.93. The molecule has 0 fully saturated rings. The molecule has 1 heterocycles. The molecule has 0 radical (unpaired) electrons. The Balaban J connectivity index is 2.14. The summed E-state index contributed by atoms with van der Waals surface area (Å²) in [6.45, 7) is 0. The van der Waals surface area contributed by atoms with E-state index in [1.54, 1.807) is 12.1 Å². The highest BCUT2D eigenvalue weighted by Crippen LogP contribution is 2.22. The van der Waals surface area contributed by atoms with E-state index in [2.05, 4.69) is 5.10 Å². The van der Waals surface area contributed by atoms with Crippen molar-refractivity contribution in [2.24, 2.45) is 0 Å². The molecule has 2 rings (SSSR count). The molecule has 0 amide bonds. The van der Waals surface area contributed by atoms with E-state index in [1.807, 2.05) is 0 Å². The highest BCUT2D eigenvalue weighted by Gasteiger charge is 2.05. The summed E-state index contributed by atoms with van der Waals surface area (Å²) < 4.78 is 6.05. The molecule has 0 aliphatic rings. The van der Waals surface area contributed by atoms with E-state index in [-0.39, 0.29) is 5.75 Å². The van der Waals surface area contributed by atoms with Crippen LogP contribution in [0, 0.1) is 0 Å². The van der Waals surface area contributed by atoms with E-state index in [0.29, 0.717) is 11.5 Å². The number of hydrogen-bond donors (Lipinski definition) is 2. The zero-order chi connectivity index (χ0) is 11.5. The number of aromatic nitrogens is 2. The van der Waals surface area contributed by atoms with Crippen molar-refractivity contribution in [3.8, 4) is 17.2 Å². The van der Waals surface area contributed by atoms with Gasteiger partial charge in [-0.05, 0) is 24.3 Å². The molecular formula is C10H8N2O4. The number of phenolic OH excluding ortho intramolecular Hbond substituents is 1. The van der Waals surface area contributed by atoms with Gasteiger partial charge in [0, 0.05) is 0 Å². The highest BCUT2D eigenvalue weighted by molar-refractivity contribution is 5.67. The van der Waals surface area contributed by atoms with Crippen LogP contribution in [0.1, 0.15) is 0 Å². The lowest BCUT2D eigenvalue weighted by atomic mass is 10.3. The SMILES string of the molecule is O=C(O)n1cc(Oc2ccc(O)cc2)cn1. The van der Waals surface area contributed by atoms with E-state index >= 15 is 0 Å². The van der Waals surface area contributed by atoms with Gasteiger partial charge in [0.05, 0.1) is 12.4 Å². The van der Waals surface area contributed by atoms with Crippen molar-refractivity contribution in [1.82, 2.24) is 9.78 Å². The molecule has 0 aliphatic carbocycles. The Labute approximate surface area is 90.3 Å². The minimum Gasteiger partial charge on any atom is -0.508 e. The standard InChI is InChI=1S/C10H8N2O4/c13-7-1-3-8(4-2-7)16-9-5-11-12(6-9)10(14)15/h1-6,13H,(H,14,15). The number of phenols is 1. The van der Waals surface area contributed by atoms with E-state index in [4.69, 9.17) is 14.9 Å². The molecule has 0 saturated heterocycles. The molecule has 1 aromatic carbocycles. The van der Waals surface area contributed by atoms with Crippen LogP contribution in [0.5, 0.6) is 17.2 Å². The summed E-state index contributed by atoms with van der Waals surface area (Å²) in [4.78, 5) is 10.5. The maximum atomic E-state index is 10.5. The van der Waals surface area contributed by atoms with E-state index in [9.17, 15) is 4.79 Å². The van der Waals surface area contributed by atoms with Gasteiger partial charge in [-0.3, -0.25) is 0 Å². The molecule has 2 aromatic rings. The van der Waals surface area contributed by atoms with Gasteiger partial charge in [0.2, 0.25) is 0 Å². The Morgan fingerprint density at radius 1 is 1.25 bits per heavy atom. The predicted molar refractivity (Wildman–Crippen MR) is 53.8 cm³/mol. The van der Waals surface area contributed by atoms with Gasteiger partial charge in [0.15, 0.2) is 5.75 Å². The largest absolute Gasteiger partial charge is 0.508 e. The lowest BCUT2D eigenvalue weighted by Gasteiger charge is -2.01. The van der Waals surface area contributed by atoms with Gasteiger partial charge < -0.3 is 14.9 Å². The van der Waals surface area contributed by atoms with Crippen LogP contribution in [0.4, 0.5) is 4.79 Å².